The minimum absolute atomic E-state index is 0.406. The highest BCUT2D eigenvalue weighted by atomic mass is 15.3. The number of aromatic nitrogens is 3. The standard InChI is InChI=1S/C13H24N4/c1-4-14-9-13(6-5-7-13)8-12-15-10-16-17(12)11(2)3/h10-11,14H,4-9H2,1-3H3. The molecule has 0 spiro atoms. The lowest BCUT2D eigenvalue weighted by Crippen LogP contribution is -2.42. The van der Waals surface area contributed by atoms with Gasteiger partial charge in [-0.1, -0.05) is 13.3 Å². The zero-order chi connectivity index (χ0) is 12.3. The van der Waals surface area contributed by atoms with Crippen molar-refractivity contribution in [1.29, 1.82) is 0 Å². The van der Waals surface area contributed by atoms with Crippen LogP contribution >= 0.6 is 0 Å². The Morgan fingerprint density at radius 2 is 2.24 bits per heavy atom. The first-order valence-electron chi connectivity index (χ1n) is 6.76. The van der Waals surface area contributed by atoms with E-state index >= 15 is 0 Å². The highest BCUT2D eigenvalue weighted by molar-refractivity contribution is 5.00. The Bertz CT molecular complexity index is 352. The van der Waals surface area contributed by atoms with Crippen molar-refractivity contribution in [2.75, 3.05) is 13.1 Å². The summed E-state index contributed by atoms with van der Waals surface area (Å²) in [6.07, 6.45) is 6.77. The summed E-state index contributed by atoms with van der Waals surface area (Å²) in [4.78, 5) is 4.44. The van der Waals surface area contributed by atoms with Crippen molar-refractivity contribution < 1.29 is 0 Å². The maximum absolute atomic E-state index is 4.44. The van der Waals surface area contributed by atoms with Crippen LogP contribution < -0.4 is 5.32 Å². The molecule has 96 valence electrons. The van der Waals surface area contributed by atoms with Crippen molar-refractivity contribution in [2.45, 2.75) is 52.5 Å². The number of hydrogen-bond acceptors (Lipinski definition) is 3. The Balaban J connectivity index is 2.05. The summed E-state index contributed by atoms with van der Waals surface area (Å²) in [5, 5.41) is 7.82. The highest BCUT2D eigenvalue weighted by Crippen LogP contribution is 2.42. The Labute approximate surface area is 104 Å². The maximum atomic E-state index is 4.44. The van der Waals surface area contributed by atoms with Gasteiger partial charge in [0.25, 0.3) is 0 Å². The molecule has 1 aromatic heterocycles. The second-order valence-electron chi connectivity index (χ2n) is 5.53. The van der Waals surface area contributed by atoms with E-state index in [9.17, 15) is 0 Å². The molecule has 0 atom stereocenters. The van der Waals surface area contributed by atoms with E-state index in [4.69, 9.17) is 0 Å². The molecule has 0 aliphatic heterocycles. The molecule has 0 saturated heterocycles. The van der Waals surface area contributed by atoms with Crippen molar-refractivity contribution in [2.24, 2.45) is 5.41 Å². The van der Waals surface area contributed by atoms with Crippen molar-refractivity contribution in [3.05, 3.63) is 12.2 Å². The van der Waals surface area contributed by atoms with Crippen LogP contribution in [0.2, 0.25) is 0 Å². The minimum atomic E-state index is 0.406. The molecule has 0 bridgehead atoms. The van der Waals surface area contributed by atoms with Crippen LogP contribution in [0.15, 0.2) is 6.33 Å². The summed E-state index contributed by atoms with van der Waals surface area (Å²) in [5.74, 6) is 1.15. The molecule has 0 unspecified atom stereocenters. The largest absolute Gasteiger partial charge is 0.316 e. The fraction of sp³-hybridized carbons (Fsp3) is 0.846. The van der Waals surface area contributed by atoms with E-state index in [0.717, 1.165) is 25.3 Å². The number of hydrogen-bond donors (Lipinski definition) is 1. The van der Waals surface area contributed by atoms with Gasteiger partial charge in [0.1, 0.15) is 12.2 Å². The molecule has 17 heavy (non-hydrogen) atoms. The van der Waals surface area contributed by atoms with Gasteiger partial charge in [0.15, 0.2) is 0 Å². The first-order valence-corrected chi connectivity index (χ1v) is 6.76. The lowest BCUT2D eigenvalue weighted by molar-refractivity contribution is 0.125. The van der Waals surface area contributed by atoms with Gasteiger partial charge >= 0.3 is 0 Å². The van der Waals surface area contributed by atoms with Crippen molar-refractivity contribution in [3.8, 4) is 0 Å². The molecule has 0 amide bonds. The number of rotatable bonds is 6. The molecule has 4 heteroatoms. The normalized spacial score (nSPS) is 18.4. The van der Waals surface area contributed by atoms with Crippen LogP contribution in [0.1, 0.15) is 51.9 Å². The molecule has 1 aliphatic rings. The van der Waals surface area contributed by atoms with Crippen molar-refractivity contribution in [1.82, 2.24) is 20.1 Å². The molecule has 1 N–H and O–H groups in total. The molecule has 1 saturated carbocycles. The predicted molar refractivity (Wildman–Crippen MR) is 68.9 cm³/mol. The second kappa shape index (κ2) is 5.17. The summed E-state index contributed by atoms with van der Waals surface area (Å²) in [5.41, 5.74) is 0.440. The average Bonchev–Trinajstić information content (AvgIpc) is 2.69. The number of nitrogens with zero attached hydrogens (tertiary/aromatic N) is 3. The number of nitrogens with one attached hydrogen (secondary N) is 1. The molecule has 1 aromatic rings. The monoisotopic (exact) mass is 236 g/mol. The Kier molecular flexibility index (Phi) is 3.82. The predicted octanol–water partition coefficient (Wildman–Crippen LogP) is 2.18. The SMILES string of the molecule is CCNCC1(Cc2ncnn2C(C)C)CCC1. The van der Waals surface area contributed by atoms with Gasteiger partial charge in [-0.2, -0.15) is 5.10 Å². The third kappa shape index (κ3) is 2.68. The molecule has 1 fully saturated rings. The molecule has 4 nitrogen and oxygen atoms in total. The second-order valence-corrected chi connectivity index (χ2v) is 5.53. The molecule has 2 rings (SSSR count). The van der Waals surface area contributed by atoms with Crippen LogP contribution in [-0.4, -0.2) is 27.9 Å². The highest BCUT2D eigenvalue weighted by Gasteiger charge is 2.37. The summed E-state index contributed by atoms with van der Waals surface area (Å²) in [7, 11) is 0. The zero-order valence-electron chi connectivity index (χ0n) is 11.2. The summed E-state index contributed by atoms with van der Waals surface area (Å²) in [6, 6.07) is 0.406. The lowest BCUT2D eigenvalue weighted by Gasteiger charge is -2.42. The Hall–Kier alpha value is -0.900. The molecule has 0 aromatic carbocycles. The van der Waals surface area contributed by atoms with E-state index in [-0.39, 0.29) is 0 Å². The van der Waals surface area contributed by atoms with E-state index in [0.29, 0.717) is 11.5 Å². The topological polar surface area (TPSA) is 42.7 Å². The van der Waals surface area contributed by atoms with Gasteiger partial charge in [-0.3, -0.25) is 0 Å². The van der Waals surface area contributed by atoms with Gasteiger partial charge in [0.05, 0.1) is 0 Å². The van der Waals surface area contributed by atoms with E-state index in [1.807, 2.05) is 0 Å². The average molecular weight is 236 g/mol. The molecule has 1 aliphatic carbocycles. The Morgan fingerprint density at radius 3 is 2.76 bits per heavy atom. The minimum Gasteiger partial charge on any atom is -0.316 e. The van der Waals surface area contributed by atoms with Crippen molar-refractivity contribution in [3.63, 3.8) is 0 Å². The van der Waals surface area contributed by atoms with E-state index in [1.54, 1.807) is 6.33 Å². The lowest BCUT2D eigenvalue weighted by atomic mass is 9.66. The van der Waals surface area contributed by atoms with Crippen LogP contribution in [0.5, 0.6) is 0 Å². The van der Waals surface area contributed by atoms with Gasteiger partial charge < -0.3 is 5.32 Å². The zero-order valence-corrected chi connectivity index (χ0v) is 11.2. The third-order valence-electron chi connectivity index (χ3n) is 3.83. The fourth-order valence-corrected chi connectivity index (χ4v) is 2.65. The van der Waals surface area contributed by atoms with E-state index < -0.39 is 0 Å². The van der Waals surface area contributed by atoms with Crippen LogP contribution in [-0.2, 0) is 6.42 Å². The maximum Gasteiger partial charge on any atom is 0.138 e. The first kappa shape index (κ1) is 12.6. The smallest absolute Gasteiger partial charge is 0.138 e. The summed E-state index contributed by atoms with van der Waals surface area (Å²) in [6.45, 7) is 8.67. The van der Waals surface area contributed by atoms with Gasteiger partial charge in [-0.15, -0.1) is 0 Å². The van der Waals surface area contributed by atoms with E-state index in [1.165, 1.54) is 19.3 Å². The van der Waals surface area contributed by atoms with E-state index in [2.05, 4.69) is 40.9 Å². The van der Waals surface area contributed by atoms with Gasteiger partial charge in [-0.25, -0.2) is 9.67 Å². The molecular formula is C13H24N4. The van der Waals surface area contributed by atoms with Crippen LogP contribution in [0.4, 0.5) is 0 Å². The molecular weight excluding hydrogens is 212 g/mol. The van der Waals surface area contributed by atoms with Crippen LogP contribution in [0.25, 0.3) is 0 Å². The summed E-state index contributed by atoms with van der Waals surface area (Å²) < 4.78 is 2.06. The first-order chi connectivity index (χ1) is 8.17. The molecule has 0 radical (unpaired) electrons. The third-order valence-corrected chi connectivity index (χ3v) is 3.83. The quantitative estimate of drug-likeness (QED) is 0.823. The molecule has 1 heterocycles. The Morgan fingerprint density at radius 1 is 1.47 bits per heavy atom. The van der Waals surface area contributed by atoms with Crippen molar-refractivity contribution >= 4 is 0 Å². The van der Waals surface area contributed by atoms with Gasteiger partial charge in [-0.05, 0) is 38.6 Å². The van der Waals surface area contributed by atoms with Crippen LogP contribution in [0, 0.1) is 5.41 Å². The van der Waals surface area contributed by atoms with Crippen LogP contribution in [0.3, 0.4) is 0 Å². The van der Waals surface area contributed by atoms with Gasteiger partial charge in [0.2, 0.25) is 0 Å². The summed E-state index contributed by atoms with van der Waals surface area (Å²) >= 11 is 0. The fourth-order valence-electron chi connectivity index (χ4n) is 2.65. The van der Waals surface area contributed by atoms with Gasteiger partial charge in [0, 0.05) is 19.0 Å².